The van der Waals surface area contributed by atoms with Crippen LogP contribution in [-0.4, -0.2) is 28.1 Å². The number of nitrogens with one attached hydrogen (secondary N) is 2. The average molecular weight is 357 g/mol. The minimum atomic E-state index is -4.57. The summed E-state index contributed by atoms with van der Waals surface area (Å²) < 4.78 is 64.2. The van der Waals surface area contributed by atoms with E-state index in [1.54, 1.807) is 0 Å². The van der Waals surface area contributed by atoms with Crippen molar-refractivity contribution in [3.8, 4) is 0 Å². The molecule has 0 saturated heterocycles. The van der Waals surface area contributed by atoms with E-state index >= 15 is 0 Å². The predicted octanol–water partition coefficient (Wildman–Crippen LogP) is 2.33. The lowest BCUT2D eigenvalue weighted by Gasteiger charge is -2.15. The fraction of sp³-hybridized carbons (Fsp3) is 0.385. The Morgan fingerprint density at radius 2 is 2.00 bits per heavy atom. The highest BCUT2D eigenvalue weighted by atomic mass is 35.5. The Morgan fingerprint density at radius 1 is 1.27 bits per heavy atom. The van der Waals surface area contributed by atoms with Crippen LogP contribution in [0.15, 0.2) is 40.8 Å². The van der Waals surface area contributed by atoms with Gasteiger partial charge in [0.05, 0.1) is 10.5 Å². The molecule has 0 aliphatic carbocycles. The van der Waals surface area contributed by atoms with E-state index < -0.39 is 21.8 Å². The maximum absolute atomic E-state index is 12.6. The van der Waals surface area contributed by atoms with Crippen molar-refractivity contribution in [3.05, 3.63) is 41.5 Å². The van der Waals surface area contributed by atoms with Crippen LogP contribution in [0.1, 0.15) is 12.0 Å². The molecule has 0 unspecified atom stereocenters. The summed E-state index contributed by atoms with van der Waals surface area (Å²) in [6, 6.07) is 3.71. The average Bonchev–Trinajstić information content (AvgIpc) is 2.46. The van der Waals surface area contributed by atoms with E-state index in [1.165, 1.54) is 0 Å². The summed E-state index contributed by atoms with van der Waals surface area (Å²) in [6.07, 6.45) is -1.98. The van der Waals surface area contributed by atoms with Gasteiger partial charge in [-0.1, -0.05) is 17.7 Å². The third-order valence-electron chi connectivity index (χ3n) is 3.12. The number of benzene rings is 1. The fourth-order valence-corrected chi connectivity index (χ4v) is 3.02. The predicted molar refractivity (Wildman–Crippen MR) is 79.5 cm³/mol. The summed E-state index contributed by atoms with van der Waals surface area (Å²) in [7, 11) is -3.95. The van der Waals surface area contributed by atoms with Crippen LogP contribution in [0.3, 0.4) is 0 Å². The molecule has 1 heterocycles. The van der Waals surface area contributed by atoms with Gasteiger partial charge in [0.2, 0.25) is 10.0 Å². The van der Waals surface area contributed by atoms with E-state index in [9.17, 15) is 21.6 Å². The van der Waals surface area contributed by atoms with Gasteiger partial charge in [-0.3, -0.25) is 0 Å². The van der Waals surface area contributed by atoms with Gasteiger partial charge in [0.25, 0.3) is 0 Å². The zero-order valence-electron chi connectivity index (χ0n) is 11.5. The summed E-state index contributed by atoms with van der Waals surface area (Å²) >= 11 is 0. The third kappa shape index (κ3) is 4.98. The van der Waals surface area contributed by atoms with Crippen molar-refractivity contribution in [1.29, 1.82) is 0 Å². The summed E-state index contributed by atoms with van der Waals surface area (Å²) in [5.74, 6) is 0. The van der Waals surface area contributed by atoms with Crippen LogP contribution < -0.4 is 10.0 Å². The van der Waals surface area contributed by atoms with E-state index in [0.717, 1.165) is 30.3 Å². The van der Waals surface area contributed by atoms with E-state index in [1.807, 2.05) is 6.08 Å². The molecule has 0 bridgehead atoms. The molecule has 1 aliphatic rings. The Balaban J connectivity index is 0.00000242. The summed E-state index contributed by atoms with van der Waals surface area (Å²) in [5.41, 5.74) is -0.0595. The SMILES string of the molecule is Cl.O=S(=O)(NCC1=CCNCC1)c1cccc(C(F)(F)F)c1. The van der Waals surface area contributed by atoms with Gasteiger partial charge in [-0.15, -0.1) is 12.4 Å². The van der Waals surface area contributed by atoms with Gasteiger partial charge in [-0.2, -0.15) is 13.2 Å². The van der Waals surface area contributed by atoms with E-state index in [2.05, 4.69) is 10.0 Å². The van der Waals surface area contributed by atoms with Gasteiger partial charge < -0.3 is 5.32 Å². The lowest BCUT2D eigenvalue weighted by Crippen LogP contribution is -2.29. The smallest absolute Gasteiger partial charge is 0.313 e. The first-order valence-corrected chi connectivity index (χ1v) is 7.83. The quantitative estimate of drug-likeness (QED) is 0.814. The lowest BCUT2D eigenvalue weighted by atomic mass is 10.1. The van der Waals surface area contributed by atoms with Crippen molar-refractivity contribution in [2.75, 3.05) is 19.6 Å². The highest BCUT2D eigenvalue weighted by Crippen LogP contribution is 2.30. The number of halogens is 4. The topological polar surface area (TPSA) is 58.2 Å². The molecule has 2 N–H and O–H groups in total. The molecule has 1 aliphatic heterocycles. The molecule has 0 aromatic heterocycles. The minimum absolute atomic E-state index is 0. The molecule has 0 spiro atoms. The molecule has 0 atom stereocenters. The molecule has 1 aromatic carbocycles. The Labute approximate surface area is 133 Å². The molecule has 2 rings (SSSR count). The normalized spacial score (nSPS) is 15.9. The summed E-state index contributed by atoms with van der Waals surface area (Å²) in [4.78, 5) is -0.383. The Morgan fingerprint density at radius 3 is 2.59 bits per heavy atom. The number of hydrogen-bond donors (Lipinski definition) is 2. The van der Waals surface area contributed by atoms with Gasteiger partial charge >= 0.3 is 6.18 Å². The monoisotopic (exact) mass is 356 g/mol. The van der Waals surface area contributed by atoms with Gasteiger partial charge in [-0.05, 0) is 31.2 Å². The number of rotatable bonds is 4. The Kier molecular flexibility index (Phi) is 6.42. The van der Waals surface area contributed by atoms with Crippen LogP contribution in [0.2, 0.25) is 0 Å². The second kappa shape index (κ2) is 7.45. The zero-order chi connectivity index (χ0) is 15.5. The minimum Gasteiger partial charge on any atom is -0.313 e. The number of alkyl halides is 3. The molecule has 0 radical (unpaired) electrons. The maximum atomic E-state index is 12.6. The summed E-state index contributed by atoms with van der Waals surface area (Å²) in [6.45, 7) is 1.54. The van der Waals surface area contributed by atoms with Crippen molar-refractivity contribution in [2.24, 2.45) is 0 Å². The highest BCUT2D eigenvalue weighted by Gasteiger charge is 2.31. The lowest BCUT2D eigenvalue weighted by molar-refractivity contribution is -0.137. The Bertz CT molecular complexity index is 645. The molecule has 0 amide bonds. The van der Waals surface area contributed by atoms with Crippen LogP contribution in [0.5, 0.6) is 0 Å². The standard InChI is InChI=1S/C13H15F3N2O2S.ClH/c14-13(15,16)11-2-1-3-12(8-11)21(19,20)18-9-10-4-6-17-7-5-10;/h1-4,8,17-18H,5-7,9H2;1H. The van der Waals surface area contributed by atoms with Crippen LogP contribution in [-0.2, 0) is 16.2 Å². The molecule has 1 aromatic rings. The zero-order valence-corrected chi connectivity index (χ0v) is 13.1. The molecule has 4 nitrogen and oxygen atoms in total. The largest absolute Gasteiger partial charge is 0.416 e. The first kappa shape index (κ1) is 19.0. The fourth-order valence-electron chi connectivity index (χ4n) is 1.94. The van der Waals surface area contributed by atoms with E-state index in [4.69, 9.17) is 0 Å². The molecule has 22 heavy (non-hydrogen) atoms. The van der Waals surface area contributed by atoms with E-state index in [-0.39, 0.29) is 23.8 Å². The van der Waals surface area contributed by atoms with E-state index in [0.29, 0.717) is 19.0 Å². The number of sulfonamides is 1. The first-order chi connectivity index (χ1) is 9.79. The van der Waals surface area contributed by atoms with Gasteiger partial charge in [0.1, 0.15) is 0 Å². The molecular weight excluding hydrogens is 341 g/mol. The Hall–Kier alpha value is -1.09. The first-order valence-electron chi connectivity index (χ1n) is 6.34. The third-order valence-corrected chi connectivity index (χ3v) is 4.52. The molecule has 124 valence electrons. The van der Waals surface area contributed by atoms with Crippen LogP contribution >= 0.6 is 12.4 Å². The van der Waals surface area contributed by atoms with Crippen LogP contribution in [0, 0.1) is 0 Å². The van der Waals surface area contributed by atoms with Crippen molar-refractivity contribution in [2.45, 2.75) is 17.5 Å². The second-order valence-corrected chi connectivity index (χ2v) is 6.43. The second-order valence-electron chi connectivity index (χ2n) is 4.67. The van der Waals surface area contributed by atoms with Gasteiger partial charge in [0, 0.05) is 13.1 Å². The molecular formula is C13H16ClF3N2O2S. The van der Waals surface area contributed by atoms with Crippen molar-refractivity contribution >= 4 is 22.4 Å². The maximum Gasteiger partial charge on any atom is 0.416 e. The molecule has 9 heteroatoms. The number of hydrogen-bond acceptors (Lipinski definition) is 3. The van der Waals surface area contributed by atoms with Crippen molar-refractivity contribution in [3.63, 3.8) is 0 Å². The highest BCUT2D eigenvalue weighted by molar-refractivity contribution is 7.89. The van der Waals surface area contributed by atoms with Crippen molar-refractivity contribution < 1.29 is 21.6 Å². The van der Waals surface area contributed by atoms with Crippen molar-refractivity contribution in [1.82, 2.24) is 10.0 Å². The molecule has 0 fully saturated rings. The summed E-state index contributed by atoms with van der Waals surface area (Å²) in [5, 5.41) is 3.09. The molecule has 0 saturated carbocycles. The van der Waals surface area contributed by atoms with Crippen LogP contribution in [0.25, 0.3) is 0 Å². The van der Waals surface area contributed by atoms with Crippen LogP contribution in [0.4, 0.5) is 13.2 Å². The van der Waals surface area contributed by atoms with Gasteiger partial charge in [0.15, 0.2) is 0 Å². The van der Waals surface area contributed by atoms with Gasteiger partial charge in [-0.25, -0.2) is 13.1 Å².